The molecule has 2 nitrogen and oxygen atoms in total. The van der Waals surface area contributed by atoms with Gasteiger partial charge in [-0.2, -0.15) is 0 Å². The van der Waals surface area contributed by atoms with Crippen LogP contribution in [0.2, 0.25) is 5.02 Å². The van der Waals surface area contributed by atoms with E-state index in [1.54, 1.807) is 12.1 Å². The Morgan fingerprint density at radius 1 is 1.17 bits per heavy atom. The minimum absolute atomic E-state index is 0.251. The van der Waals surface area contributed by atoms with Crippen LogP contribution < -0.4 is 11.3 Å². The molecule has 0 bridgehead atoms. The number of aryl methyl sites for hydroxylation is 1. The summed E-state index contributed by atoms with van der Waals surface area (Å²) in [6.07, 6.45) is 0. The van der Waals surface area contributed by atoms with Crippen LogP contribution >= 0.6 is 11.6 Å². The van der Waals surface area contributed by atoms with Crippen LogP contribution in [0.4, 0.5) is 4.39 Å². The molecule has 94 valence electrons. The minimum atomic E-state index is -0.258. The first-order chi connectivity index (χ1) is 8.63. The predicted octanol–water partition coefficient (Wildman–Crippen LogP) is 3.34. The topological polar surface area (TPSA) is 38.0 Å². The third kappa shape index (κ3) is 2.53. The van der Waals surface area contributed by atoms with Gasteiger partial charge in [-0.25, -0.2) is 9.82 Å². The van der Waals surface area contributed by atoms with Gasteiger partial charge >= 0.3 is 0 Å². The van der Waals surface area contributed by atoms with Gasteiger partial charge in [-0.1, -0.05) is 35.9 Å². The van der Waals surface area contributed by atoms with Gasteiger partial charge in [0.1, 0.15) is 5.82 Å². The molecule has 0 aliphatic rings. The summed E-state index contributed by atoms with van der Waals surface area (Å²) in [5.74, 6) is 5.35. The second-order valence-electron chi connectivity index (χ2n) is 4.12. The molecule has 0 saturated heterocycles. The van der Waals surface area contributed by atoms with Crippen molar-refractivity contribution in [3.05, 3.63) is 70.0 Å². The molecular weight excluding hydrogens is 251 g/mol. The smallest absolute Gasteiger partial charge is 0.123 e. The average Bonchev–Trinajstić information content (AvgIpc) is 2.34. The summed E-state index contributed by atoms with van der Waals surface area (Å²) >= 11 is 6.16. The summed E-state index contributed by atoms with van der Waals surface area (Å²) in [5.41, 5.74) is 5.34. The number of hydrazine groups is 1. The van der Waals surface area contributed by atoms with Crippen molar-refractivity contribution in [3.8, 4) is 0 Å². The average molecular weight is 265 g/mol. The lowest BCUT2D eigenvalue weighted by molar-refractivity contribution is 0.612. The quantitative estimate of drug-likeness (QED) is 0.659. The summed E-state index contributed by atoms with van der Waals surface area (Å²) < 4.78 is 13.1. The Hall–Kier alpha value is -1.42. The summed E-state index contributed by atoms with van der Waals surface area (Å²) in [6, 6.07) is 11.8. The van der Waals surface area contributed by atoms with E-state index >= 15 is 0 Å². The zero-order chi connectivity index (χ0) is 13.1. The Balaban J connectivity index is 2.49. The van der Waals surface area contributed by atoms with Crippen LogP contribution in [0.1, 0.15) is 22.7 Å². The van der Waals surface area contributed by atoms with Gasteiger partial charge < -0.3 is 0 Å². The van der Waals surface area contributed by atoms with E-state index in [0.29, 0.717) is 5.02 Å². The highest BCUT2D eigenvalue weighted by Gasteiger charge is 2.17. The normalized spacial score (nSPS) is 12.4. The second-order valence-corrected chi connectivity index (χ2v) is 4.53. The number of nitrogens with one attached hydrogen (secondary N) is 1. The van der Waals surface area contributed by atoms with Crippen LogP contribution in [-0.2, 0) is 0 Å². The number of benzene rings is 2. The second kappa shape index (κ2) is 5.48. The summed E-state index contributed by atoms with van der Waals surface area (Å²) in [7, 11) is 0. The highest BCUT2D eigenvalue weighted by molar-refractivity contribution is 6.31. The zero-order valence-electron chi connectivity index (χ0n) is 9.95. The number of hydrogen-bond acceptors (Lipinski definition) is 2. The van der Waals surface area contributed by atoms with E-state index in [2.05, 4.69) is 5.43 Å². The molecule has 0 saturated carbocycles. The largest absolute Gasteiger partial charge is 0.271 e. The van der Waals surface area contributed by atoms with Gasteiger partial charge in [-0.05, 0) is 41.8 Å². The van der Waals surface area contributed by atoms with Crippen molar-refractivity contribution in [2.45, 2.75) is 13.0 Å². The maximum absolute atomic E-state index is 13.1. The van der Waals surface area contributed by atoms with Crippen LogP contribution in [0.15, 0.2) is 42.5 Å². The summed E-state index contributed by atoms with van der Waals surface area (Å²) in [5, 5.41) is 0.629. The first kappa shape index (κ1) is 13.0. The van der Waals surface area contributed by atoms with Gasteiger partial charge in [-0.3, -0.25) is 5.84 Å². The molecule has 18 heavy (non-hydrogen) atoms. The van der Waals surface area contributed by atoms with Crippen LogP contribution in [0.5, 0.6) is 0 Å². The van der Waals surface area contributed by atoms with Crippen molar-refractivity contribution >= 4 is 11.6 Å². The number of halogens is 2. The van der Waals surface area contributed by atoms with E-state index in [9.17, 15) is 4.39 Å². The van der Waals surface area contributed by atoms with Gasteiger partial charge in [0.05, 0.1) is 6.04 Å². The van der Waals surface area contributed by atoms with Crippen molar-refractivity contribution < 1.29 is 4.39 Å². The molecule has 0 aliphatic heterocycles. The molecule has 1 unspecified atom stereocenters. The molecule has 0 heterocycles. The summed E-state index contributed by atoms with van der Waals surface area (Å²) in [6.45, 7) is 1.85. The predicted molar refractivity (Wildman–Crippen MR) is 71.8 cm³/mol. The van der Waals surface area contributed by atoms with E-state index in [1.807, 2.05) is 25.1 Å². The first-order valence-corrected chi connectivity index (χ1v) is 5.98. The van der Waals surface area contributed by atoms with Gasteiger partial charge in [-0.15, -0.1) is 0 Å². The molecule has 0 amide bonds. The maximum Gasteiger partial charge on any atom is 0.123 e. The number of nitrogens with two attached hydrogens (primary N) is 1. The lowest BCUT2D eigenvalue weighted by Crippen LogP contribution is -2.29. The third-order valence-corrected chi connectivity index (χ3v) is 3.27. The van der Waals surface area contributed by atoms with Crippen LogP contribution in [0, 0.1) is 12.7 Å². The standard InChI is InChI=1S/C14H14ClFN2/c1-9-8-10(16)6-7-11(9)14(18-17)12-4-2-3-5-13(12)15/h2-8,14,18H,17H2,1H3. The van der Waals surface area contributed by atoms with Gasteiger partial charge in [0.15, 0.2) is 0 Å². The molecule has 2 rings (SSSR count). The van der Waals surface area contributed by atoms with Crippen molar-refractivity contribution in [2.24, 2.45) is 5.84 Å². The molecule has 0 fully saturated rings. The van der Waals surface area contributed by atoms with E-state index in [-0.39, 0.29) is 11.9 Å². The van der Waals surface area contributed by atoms with Crippen LogP contribution in [0.3, 0.4) is 0 Å². The van der Waals surface area contributed by atoms with Crippen LogP contribution in [-0.4, -0.2) is 0 Å². The molecule has 4 heteroatoms. The fraction of sp³-hybridized carbons (Fsp3) is 0.143. The molecule has 0 spiro atoms. The molecule has 0 aliphatic carbocycles. The lowest BCUT2D eigenvalue weighted by Gasteiger charge is -2.20. The number of hydrogen-bond donors (Lipinski definition) is 2. The van der Waals surface area contributed by atoms with E-state index in [1.165, 1.54) is 12.1 Å². The van der Waals surface area contributed by atoms with E-state index in [4.69, 9.17) is 17.4 Å². The van der Waals surface area contributed by atoms with Crippen LogP contribution in [0.25, 0.3) is 0 Å². The molecule has 0 aromatic heterocycles. The minimum Gasteiger partial charge on any atom is -0.271 e. The SMILES string of the molecule is Cc1cc(F)ccc1C(NN)c1ccccc1Cl. The Kier molecular flexibility index (Phi) is 3.97. The maximum atomic E-state index is 13.1. The van der Waals surface area contributed by atoms with Gasteiger partial charge in [0.25, 0.3) is 0 Å². The fourth-order valence-corrected chi connectivity index (χ4v) is 2.26. The molecular formula is C14H14ClFN2. The molecule has 0 radical (unpaired) electrons. The third-order valence-electron chi connectivity index (χ3n) is 2.93. The van der Waals surface area contributed by atoms with E-state index in [0.717, 1.165) is 16.7 Å². The zero-order valence-corrected chi connectivity index (χ0v) is 10.7. The molecule has 2 aromatic carbocycles. The Morgan fingerprint density at radius 3 is 2.50 bits per heavy atom. The Labute approximate surface area is 111 Å². The first-order valence-electron chi connectivity index (χ1n) is 5.60. The molecule has 3 N–H and O–H groups in total. The Morgan fingerprint density at radius 2 is 1.89 bits per heavy atom. The van der Waals surface area contributed by atoms with Crippen molar-refractivity contribution in [1.29, 1.82) is 0 Å². The lowest BCUT2D eigenvalue weighted by atomic mass is 9.95. The highest BCUT2D eigenvalue weighted by Crippen LogP contribution is 2.29. The van der Waals surface area contributed by atoms with Crippen molar-refractivity contribution in [1.82, 2.24) is 5.43 Å². The van der Waals surface area contributed by atoms with Gasteiger partial charge in [0.2, 0.25) is 0 Å². The fourth-order valence-electron chi connectivity index (χ4n) is 2.02. The van der Waals surface area contributed by atoms with Crippen molar-refractivity contribution in [2.75, 3.05) is 0 Å². The summed E-state index contributed by atoms with van der Waals surface area (Å²) in [4.78, 5) is 0. The molecule has 2 aromatic rings. The van der Waals surface area contributed by atoms with Gasteiger partial charge in [0, 0.05) is 5.02 Å². The number of rotatable bonds is 3. The monoisotopic (exact) mass is 264 g/mol. The van der Waals surface area contributed by atoms with Crippen molar-refractivity contribution in [3.63, 3.8) is 0 Å². The Bertz CT molecular complexity index is 557. The molecule has 1 atom stereocenters. The highest BCUT2D eigenvalue weighted by atomic mass is 35.5. The van der Waals surface area contributed by atoms with E-state index < -0.39 is 0 Å².